The molecule has 5 heteroatoms. The Morgan fingerprint density at radius 3 is 2.41 bits per heavy atom. The molecule has 1 aliphatic heterocycles. The van der Waals surface area contributed by atoms with Gasteiger partial charge in [0.05, 0.1) is 10.7 Å². The molecule has 0 aliphatic carbocycles. The highest BCUT2D eigenvalue weighted by molar-refractivity contribution is 7.09. The molecular weight excluding hydrogens is 294 g/mol. The van der Waals surface area contributed by atoms with Gasteiger partial charge in [-0.15, -0.1) is 11.3 Å². The smallest absolute Gasteiger partial charge is 0.253 e. The Morgan fingerprint density at radius 2 is 1.82 bits per heavy atom. The van der Waals surface area contributed by atoms with Gasteiger partial charge in [0.2, 0.25) is 0 Å². The molecule has 2 heterocycles. The predicted octanol–water partition coefficient (Wildman–Crippen LogP) is 2.72. The van der Waals surface area contributed by atoms with Crippen LogP contribution in [0.3, 0.4) is 0 Å². The topological polar surface area (TPSA) is 36.4 Å². The van der Waals surface area contributed by atoms with Gasteiger partial charge in [-0.25, -0.2) is 4.98 Å². The highest BCUT2D eigenvalue weighted by Gasteiger charge is 2.22. The zero-order chi connectivity index (χ0) is 15.5. The Bertz CT molecular complexity index is 642. The van der Waals surface area contributed by atoms with Crippen molar-refractivity contribution in [1.82, 2.24) is 14.8 Å². The first-order valence-electron chi connectivity index (χ1n) is 7.61. The maximum Gasteiger partial charge on any atom is 0.253 e. The van der Waals surface area contributed by atoms with Gasteiger partial charge in [-0.05, 0) is 26.0 Å². The van der Waals surface area contributed by atoms with E-state index in [1.165, 1.54) is 5.56 Å². The molecule has 1 aliphatic rings. The number of rotatable bonds is 3. The second kappa shape index (κ2) is 6.58. The molecule has 0 N–H and O–H groups in total. The fraction of sp³-hybridized carbons (Fsp3) is 0.412. The molecule has 1 saturated heterocycles. The van der Waals surface area contributed by atoms with E-state index in [1.54, 1.807) is 11.3 Å². The molecule has 1 aromatic heterocycles. The summed E-state index contributed by atoms with van der Waals surface area (Å²) in [6.45, 7) is 8.35. The zero-order valence-electron chi connectivity index (χ0n) is 13.1. The van der Waals surface area contributed by atoms with E-state index in [2.05, 4.69) is 15.3 Å². The number of hydrogen-bond acceptors (Lipinski definition) is 4. The summed E-state index contributed by atoms with van der Waals surface area (Å²) >= 11 is 1.69. The van der Waals surface area contributed by atoms with Crippen LogP contribution in [0.5, 0.6) is 0 Å². The van der Waals surface area contributed by atoms with Crippen molar-refractivity contribution in [2.45, 2.75) is 20.4 Å². The lowest BCUT2D eigenvalue weighted by atomic mass is 10.1. The number of aromatic nitrogens is 1. The first kappa shape index (κ1) is 15.2. The van der Waals surface area contributed by atoms with Crippen molar-refractivity contribution < 1.29 is 4.79 Å². The molecule has 1 aromatic carbocycles. The molecule has 0 saturated carbocycles. The van der Waals surface area contributed by atoms with E-state index in [0.29, 0.717) is 0 Å². The minimum Gasteiger partial charge on any atom is -0.336 e. The quantitative estimate of drug-likeness (QED) is 0.874. The SMILES string of the molecule is Cc1ccc(C(=O)N2CCN(Cc3csc(C)n3)CC2)cc1. The van der Waals surface area contributed by atoms with Crippen molar-refractivity contribution in [3.05, 3.63) is 51.5 Å². The normalized spacial score (nSPS) is 16.0. The lowest BCUT2D eigenvalue weighted by Gasteiger charge is -2.34. The van der Waals surface area contributed by atoms with Gasteiger partial charge >= 0.3 is 0 Å². The molecule has 0 bridgehead atoms. The largest absolute Gasteiger partial charge is 0.336 e. The van der Waals surface area contributed by atoms with Crippen molar-refractivity contribution >= 4 is 17.2 Å². The molecular formula is C17H21N3OS. The number of thiazole rings is 1. The maximum atomic E-state index is 12.5. The summed E-state index contributed by atoms with van der Waals surface area (Å²) in [6, 6.07) is 7.83. The van der Waals surface area contributed by atoms with Crippen LogP contribution in [0.15, 0.2) is 29.6 Å². The number of carbonyl (C=O) groups excluding carboxylic acids is 1. The summed E-state index contributed by atoms with van der Waals surface area (Å²) in [7, 11) is 0. The summed E-state index contributed by atoms with van der Waals surface area (Å²) in [4.78, 5) is 21.3. The average Bonchev–Trinajstić information content (AvgIpc) is 2.93. The Balaban J connectivity index is 1.55. The Kier molecular flexibility index (Phi) is 4.55. The van der Waals surface area contributed by atoms with Crippen LogP contribution >= 0.6 is 11.3 Å². The van der Waals surface area contributed by atoms with E-state index >= 15 is 0 Å². The van der Waals surface area contributed by atoms with E-state index in [9.17, 15) is 4.79 Å². The monoisotopic (exact) mass is 315 g/mol. The third-order valence-corrected chi connectivity index (χ3v) is 4.83. The molecule has 0 unspecified atom stereocenters. The molecule has 4 nitrogen and oxygen atoms in total. The van der Waals surface area contributed by atoms with Crippen LogP contribution in [0.2, 0.25) is 0 Å². The third-order valence-electron chi connectivity index (χ3n) is 4.01. The van der Waals surface area contributed by atoms with Crippen molar-refractivity contribution in [1.29, 1.82) is 0 Å². The number of hydrogen-bond donors (Lipinski definition) is 0. The number of aryl methyl sites for hydroxylation is 2. The number of piperazine rings is 1. The van der Waals surface area contributed by atoms with E-state index in [-0.39, 0.29) is 5.91 Å². The van der Waals surface area contributed by atoms with Crippen LogP contribution in [0, 0.1) is 13.8 Å². The predicted molar refractivity (Wildman–Crippen MR) is 89.2 cm³/mol. The number of benzene rings is 1. The average molecular weight is 315 g/mol. The van der Waals surface area contributed by atoms with E-state index in [1.807, 2.05) is 43.0 Å². The van der Waals surface area contributed by atoms with Gasteiger partial charge < -0.3 is 4.90 Å². The van der Waals surface area contributed by atoms with Crippen LogP contribution in [0.4, 0.5) is 0 Å². The molecule has 2 aromatic rings. The zero-order valence-corrected chi connectivity index (χ0v) is 13.9. The number of nitrogens with zero attached hydrogens (tertiary/aromatic N) is 3. The van der Waals surface area contributed by atoms with Gasteiger partial charge in [0.1, 0.15) is 0 Å². The van der Waals surface area contributed by atoms with Crippen LogP contribution in [-0.2, 0) is 6.54 Å². The standard InChI is InChI=1S/C17H21N3OS/c1-13-3-5-15(6-4-13)17(21)20-9-7-19(8-10-20)11-16-12-22-14(2)18-16/h3-6,12H,7-11H2,1-2H3. The van der Waals surface area contributed by atoms with Gasteiger partial charge in [-0.2, -0.15) is 0 Å². The van der Waals surface area contributed by atoms with Crippen LogP contribution in [0.1, 0.15) is 26.6 Å². The lowest BCUT2D eigenvalue weighted by molar-refractivity contribution is 0.0627. The fourth-order valence-electron chi connectivity index (χ4n) is 2.70. The molecule has 22 heavy (non-hydrogen) atoms. The van der Waals surface area contributed by atoms with Crippen LogP contribution in [-0.4, -0.2) is 46.9 Å². The van der Waals surface area contributed by atoms with Gasteiger partial charge in [0, 0.05) is 43.7 Å². The summed E-state index contributed by atoms with van der Waals surface area (Å²) in [5.74, 6) is 0.143. The van der Waals surface area contributed by atoms with Gasteiger partial charge in [-0.1, -0.05) is 17.7 Å². The van der Waals surface area contributed by atoms with Crippen LogP contribution < -0.4 is 0 Å². The molecule has 3 rings (SSSR count). The third kappa shape index (κ3) is 3.54. The summed E-state index contributed by atoms with van der Waals surface area (Å²) in [6.07, 6.45) is 0. The highest BCUT2D eigenvalue weighted by atomic mass is 32.1. The van der Waals surface area contributed by atoms with Crippen LogP contribution in [0.25, 0.3) is 0 Å². The second-order valence-corrected chi connectivity index (χ2v) is 6.85. The van der Waals surface area contributed by atoms with Crippen molar-refractivity contribution in [3.63, 3.8) is 0 Å². The highest BCUT2D eigenvalue weighted by Crippen LogP contribution is 2.14. The molecule has 0 spiro atoms. The molecule has 1 fully saturated rings. The first-order chi connectivity index (χ1) is 10.6. The van der Waals surface area contributed by atoms with Gasteiger partial charge in [0.15, 0.2) is 0 Å². The van der Waals surface area contributed by atoms with Crippen molar-refractivity contribution in [2.24, 2.45) is 0 Å². The van der Waals surface area contributed by atoms with Gasteiger partial charge in [0.25, 0.3) is 5.91 Å². The van der Waals surface area contributed by atoms with E-state index in [0.717, 1.165) is 49.0 Å². The summed E-state index contributed by atoms with van der Waals surface area (Å²) in [5.41, 5.74) is 3.11. The van der Waals surface area contributed by atoms with Crippen molar-refractivity contribution in [2.75, 3.05) is 26.2 Å². The fourth-order valence-corrected chi connectivity index (χ4v) is 3.30. The summed E-state index contributed by atoms with van der Waals surface area (Å²) in [5, 5.41) is 3.24. The molecule has 1 amide bonds. The molecule has 0 atom stereocenters. The summed E-state index contributed by atoms with van der Waals surface area (Å²) < 4.78 is 0. The maximum absolute atomic E-state index is 12.5. The van der Waals surface area contributed by atoms with Gasteiger partial charge in [-0.3, -0.25) is 9.69 Å². The molecule has 116 valence electrons. The van der Waals surface area contributed by atoms with Crippen molar-refractivity contribution in [3.8, 4) is 0 Å². The minimum atomic E-state index is 0.143. The second-order valence-electron chi connectivity index (χ2n) is 5.79. The first-order valence-corrected chi connectivity index (χ1v) is 8.49. The number of amides is 1. The van der Waals surface area contributed by atoms with E-state index in [4.69, 9.17) is 0 Å². The Hall–Kier alpha value is -1.72. The Morgan fingerprint density at radius 1 is 1.14 bits per heavy atom. The van der Waals surface area contributed by atoms with E-state index < -0.39 is 0 Å². The number of carbonyl (C=O) groups is 1. The lowest BCUT2D eigenvalue weighted by Crippen LogP contribution is -2.48. The molecule has 0 radical (unpaired) electrons. The Labute approximate surface area is 135 Å². The minimum absolute atomic E-state index is 0.143.